The molecule has 0 unspecified atom stereocenters. The predicted octanol–water partition coefficient (Wildman–Crippen LogP) is 1.62. The van der Waals surface area contributed by atoms with Crippen molar-refractivity contribution in [1.29, 1.82) is 0 Å². The Hall–Kier alpha value is -0.900. The number of azo groups is 1. The first-order chi connectivity index (χ1) is 4.16. The van der Waals surface area contributed by atoms with Gasteiger partial charge in [-0.25, -0.2) is 4.79 Å². The molecule has 0 radical (unpaired) electrons. The number of carbonyl (C=O) groups is 1. The SMILES string of the molecule is C/C(=C/Cl)N=NC(N)=O. The second kappa shape index (κ2) is 4.03. The predicted molar refractivity (Wildman–Crippen MR) is 34.0 cm³/mol. The standard InChI is InChI=1S/C4H6ClN3O/c1-3(2-5)7-8-4(6)9/h2H,1H3,(H2,6,9)/b3-2-,8-7?. The van der Waals surface area contributed by atoms with Gasteiger partial charge >= 0.3 is 6.03 Å². The number of halogens is 1. The molecule has 0 spiro atoms. The van der Waals surface area contributed by atoms with Crippen LogP contribution >= 0.6 is 11.6 Å². The lowest BCUT2D eigenvalue weighted by Gasteiger charge is -1.81. The van der Waals surface area contributed by atoms with Gasteiger partial charge in [-0.3, -0.25) is 0 Å². The van der Waals surface area contributed by atoms with Crippen LogP contribution in [0.3, 0.4) is 0 Å². The maximum atomic E-state index is 9.91. The van der Waals surface area contributed by atoms with Crippen LogP contribution in [0, 0.1) is 0 Å². The molecule has 0 aromatic heterocycles. The van der Waals surface area contributed by atoms with Crippen LogP contribution in [0.25, 0.3) is 0 Å². The molecule has 2 amide bonds. The van der Waals surface area contributed by atoms with E-state index in [1.54, 1.807) is 6.92 Å². The molecule has 0 saturated heterocycles. The smallest absolute Gasteiger partial charge is 0.348 e. The second-order valence-electron chi connectivity index (χ2n) is 1.29. The summed E-state index contributed by atoms with van der Waals surface area (Å²) < 4.78 is 0. The van der Waals surface area contributed by atoms with Crippen LogP contribution in [-0.2, 0) is 0 Å². The zero-order valence-corrected chi connectivity index (χ0v) is 5.59. The normalized spacial score (nSPS) is 12.4. The highest BCUT2D eigenvalue weighted by Gasteiger charge is 1.84. The van der Waals surface area contributed by atoms with Gasteiger partial charge in [-0.05, 0) is 6.92 Å². The highest BCUT2D eigenvalue weighted by atomic mass is 35.5. The quantitative estimate of drug-likeness (QED) is 0.563. The van der Waals surface area contributed by atoms with Gasteiger partial charge in [-0.1, -0.05) is 16.7 Å². The molecule has 50 valence electrons. The van der Waals surface area contributed by atoms with E-state index >= 15 is 0 Å². The lowest BCUT2D eigenvalue weighted by molar-refractivity contribution is 0.255. The van der Waals surface area contributed by atoms with Crippen LogP contribution in [0.1, 0.15) is 6.92 Å². The summed E-state index contributed by atoms with van der Waals surface area (Å²) in [7, 11) is 0. The van der Waals surface area contributed by atoms with Crippen molar-refractivity contribution in [2.45, 2.75) is 6.92 Å². The molecule has 0 bridgehead atoms. The highest BCUT2D eigenvalue weighted by molar-refractivity contribution is 6.25. The van der Waals surface area contributed by atoms with E-state index in [4.69, 9.17) is 11.6 Å². The van der Waals surface area contributed by atoms with Gasteiger partial charge in [-0.2, -0.15) is 0 Å². The van der Waals surface area contributed by atoms with Gasteiger partial charge < -0.3 is 5.73 Å². The molecular weight excluding hydrogens is 142 g/mol. The monoisotopic (exact) mass is 147 g/mol. The lowest BCUT2D eigenvalue weighted by atomic mass is 10.6. The van der Waals surface area contributed by atoms with Crippen LogP contribution in [0.4, 0.5) is 4.79 Å². The molecule has 5 heteroatoms. The van der Waals surface area contributed by atoms with Crippen LogP contribution in [-0.4, -0.2) is 6.03 Å². The maximum absolute atomic E-state index is 9.91. The number of hydrogen-bond acceptors (Lipinski definition) is 2. The molecule has 9 heavy (non-hydrogen) atoms. The topological polar surface area (TPSA) is 67.8 Å². The van der Waals surface area contributed by atoms with Gasteiger partial charge in [0, 0.05) is 5.54 Å². The molecule has 0 fully saturated rings. The van der Waals surface area contributed by atoms with Gasteiger partial charge in [0.1, 0.15) is 0 Å². The number of amides is 2. The molecule has 0 atom stereocenters. The van der Waals surface area contributed by atoms with Crippen molar-refractivity contribution in [3.63, 3.8) is 0 Å². The second-order valence-corrected chi connectivity index (χ2v) is 1.51. The number of rotatable bonds is 1. The van der Waals surface area contributed by atoms with Crippen molar-refractivity contribution in [2.75, 3.05) is 0 Å². The van der Waals surface area contributed by atoms with E-state index in [9.17, 15) is 4.79 Å². The fraction of sp³-hybridized carbons (Fsp3) is 0.250. The fourth-order valence-corrected chi connectivity index (χ4v) is 0.194. The van der Waals surface area contributed by atoms with Crippen molar-refractivity contribution in [3.05, 3.63) is 11.2 Å². The summed E-state index contributed by atoms with van der Waals surface area (Å²) in [5.74, 6) is 0. The summed E-state index contributed by atoms with van der Waals surface area (Å²) in [4.78, 5) is 9.91. The van der Waals surface area contributed by atoms with E-state index in [1.165, 1.54) is 5.54 Å². The third kappa shape index (κ3) is 4.96. The number of primary amides is 1. The third-order valence-corrected chi connectivity index (χ3v) is 0.780. The van der Waals surface area contributed by atoms with Crippen LogP contribution < -0.4 is 5.73 Å². The molecule has 0 aliphatic heterocycles. The van der Waals surface area contributed by atoms with Gasteiger partial charge in [0.15, 0.2) is 0 Å². The van der Waals surface area contributed by atoms with Crippen molar-refractivity contribution >= 4 is 17.6 Å². The highest BCUT2D eigenvalue weighted by Crippen LogP contribution is 1.96. The molecule has 0 aliphatic rings. The molecule has 0 saturated carbocycles. The molecule has 0 aliphatic carbocycles. The number of hydrogen-bond donors (Lipinski definition) is 1. The van der Waals surface area contributed by atoms with E-state index < -0.39 is 6.03 Å². The minimum Gasteiger partial charge on any atom is -0.348 e. The van der Waals surface area contributed by atoms with Crippen LogP contribution in [0.5, 0.6) is 0 Å². The van der Waals surface area contributed by atoms with Gasteiger partial charge in [0.25, 0.3) is 0 Å². The molecule has 4 nitrogen and oxygen atoms in total. The van der Waals surface area contributed by atoms with Gasteiger partial charge in [0.2, 0.25) is 0 Å². The Morgan fingerprint density at radius 1 is 1.67 bits per heavy atom. The number of carbonyl (C=O) groups excluding carboxylic acids is 1. The molecule has 0 aromatic rings. The summed E-state index contributed by atoms with van der Waals surface area (Å²) >= 11 is 5.17. The number of urea groups is 1. The minimum absolute atomic E-state index is 0.440. The molecular formula is C4H6ClN3O. The fourth-order valence-electron chi connectivity index (χ4n) is 0.150. The van der Waals surface area contributed by atoms with E-state index in [2.05, 4.69) is 16.0 Å². The average Bonchev–Trinajstić information content (AvgIpc) is 1.83. The van der Waals surface area contributed by atoms with Crippen LogP contribution in [0.2, 0.25) is 0 Å². The summed E-state index contributed by atoms with van der Waals surface area (Å²) in [6.07, 6.45) is 0. The van der Waals surface area contributed by atoms with E-state index in [-0.39, 0.29) is 0 Å². The first kappa shape index (κ1) is 8.10. The summed E-state index contributed by atoms with van der Waals surface area (Å²) in [6, 6.07) is -0.826. The van der Waals surface area contributed by atoms with E-state index in [0.717, 1.165) is 0 Å². The molecule has 0 rings (SSSR count). The number of allylic oxidation sites excluding steroid dienone is 1. The van der Waals surface area contributed by atoms with Crippen molar-refractivity contribution in [1.82, 2.24) is 0 Å². The van der Waals surface area contributed by atoms with Gasteiger partial charge in [-0.15, -0.1) is 5.11 Å². The first-order valence-electron chi connectivity index (χ1n) is 2.15. The Balaban J connectivity index is 3.86. The third-order valence-electron chi connectivity index (χ3n) is 0.464. The molecule has 2 N–H and O–H groups in total. The molecule has 0 heterocycles. The Labute approximate surface area is 57.4 Å². The Kier molecular flexibility index (Phi) is 3.62. The summed E-state index contributed by atoms with van der Waals surface area (Å²) in [5.41, 5.74) is 6.27. The number of nitrogens with zero attached hydrogens (tertiary/aromatic N) is 2. The Morgan fingerprint density at radius 3 is 2.56 bits per heavy atom. The van der Waals surface area contributed by atoms with Gasteiger partial charge in [0.05, 0.1) is 5.70 Å². The van der Waals surface area contributed by atoms with E-state index in [1.807, 2.05) is 0 Å². The minimum atomic E-state index is -0.826. The zero-order valence-electron chi connectivity index (χ0n) is 4.84. The van der Waals surface area contributed by atoms with Crippen molar-refractivity contribution in [3.8, 4) is 0 Å². The number of nitrogens with two attached hydrogens (primary N) is 1. The zero-order chi connectivity index (χ0) is 7.28. The maximum Gasteiger partial charge on any atom is 0.356 e. The largest absolute Gasteiger partial charge is 0.356 e. The summed E-state index contributed by atoms with van der Waals surface area (Å²) in [6.45, 7) is 1.60. The van der Waals surface area contributed by atoms with E-state index in [0.29, 0.717) is 5.70 Å². The van der Waals surface area contributed by atoms with Crippen LogP contribution in [0.15, 0.2) is 21.5 Å². The Bertz CT molecular complexity index is 163. The summed E-state index contributed by atoms with van der Waals surface area (Å²) in [5, 5.41) is 6.33. The Morgan fingerprint density at radius 2 is 2.22 bits per heavy atom. The molecule has 0 aromatic carbocycles. The van der Waals surface area contributed by atoms with Crippen molar-refractivity contribution < 1.29 is 4.79 Å². The lowest BCUT2D eigenvalue weighted by Crippen LogP contribution is -2.02. The average molecular weight is 148 g/mol. The van der Waals surface area contributed by atoms with Crippen molar-refractivity contribution in [2.24, 2.45) is 16.0 Å². The first-order valence-corrected chi connectivity index (χ1v) is 2.58.